The van der Waals surface area contributed by atoms with Crippen molar-refractivity contribution < 1.29 is 0 Å². The molecule has 5 rings (SSSR count). The summed E-state index contributed by atoms with van der Waals surface area (Å²) in [7, 11) is 8.26. The van der Waals surface area contributed by atoms with Crippen molar-refractivity contribution in [2.24, 2.45) is 0 Å². The number of benzene rings is 4. The normalized spacial score (nSPS) is 11.8. The van der Waals surface area contributed by atoms with Crippen LogP contribution in [0.4, 0.5) is 11.4 Å². The summed E-state index contributed by atoms with van der Waals surface area (Å²) in [6, 6.07) is 30.8. The number of nitrogens with zero attached hydrogens (tertiary/aromatic N) is 2. The molecule has 2 nitrogen and oxygen atoms in total. The number of fused-ring (bicyclic) bond motifs is 3. The van der Waals surface area contributed by atoms with Crippen LogP contribution in [0.1, 0.15) is 22.3 Å². The van der Waals surface area contributed by atoms with E-state index in [0.717, 1.165) is 0 Å². The molecule has 1 heterocycles. The van der Waals surface area contributed by atoms with E-state index in [-0.39, 0.29) is 0 Å². The highest BCUT2D eigenvalue weighted by Crippen LogP contribution is 2.35. The Morgan fingerprint density at radius 2 is 0.800 bits per heavy atom. The first-order valence-corrected chi connectivity index (χ1v) is 12.7. The Balaban J connectivity index is 1.37. The van der Waals surface area contributed by atoms with E-state index in [1.807, 2.05) is 11.3 Å². The van der Waals surface area contributed by atoms with Crippen LogP contribution >= 0.6 is 11.3 Å². The fourth-order valence-electron chi connectivity index (χ4n) is 4.17. The Morgan fingerprint density at radius 1 is 0.457 bits per heavy atom. The number of hydrogen-bond acceptors (Lipinski definition) is 3. The van der Waals surface area contributed by atoms with E-state index in [9.17, 15) is 0 Å². The van der Waals surface area contributed by atoms with Gasteiger partial charge in [0.05, 0.1) is 0 Å². The zero-order valence-electron chi connectivity index (χ0n) is 20.7. The minimum atomic E-state index is 1.21. The van der Waals surface area contributed by atoms with Gasteiger partial charge in [-0.3, -0.25) is 0 Å². The highest BCUT2D eigenvalue weighted by molar-refractivity contribution is 7.25. The summed E-state index contributed by atoms with van der Waals surface area (Å²) >= 11 is 1.86. The molecule has 0 aliphatic heterocycles. The second-order valence-electron chi connectivity index (χ2n) is 9.25. The van der Waals surface area contributed by atoms with Crippen LogP contribution in [-0.2, 0) is 0 Å². The molecule has 4 aromatic carbocycles. The average molecular weight is 475 g/mol. The molecule has 0 unspecified atom stereocenters. The molecule has 0 amide bonds. The third kappa shape index (κ3) is 5.16. The molecule has 0 radical (unpaired) electrons. The summed E-state index contributed by atoms with van der Waals surface area (Å²) in [5, 5.41) is 2.65. The molecule has 3 heteroatoms. The third-order valence-corrected chi connectivity index (χ3v) is 7.39. The fourth-order valence-corrected chi connectivity index (χ4v) is 5.37. The molecule has 0 aliphatic carbocycles. The van der Waals surface area contributed by atoms with Crippen LogP contribution in [0.15, 0.2) is 84.9 Å². The summed E-state index contributed by atoms with van der Waals surface area (Å²) in [5.41, 5.74) is 7.29. The predicted molar refractivity (Wildman–Crippen MR) is 159 cm³/mol. The molecule has 5 aromatic rings. The lowest BCUT2D eigenvalue weighted by Gasteiger charge is -2.11. The van der Waals surface area contributed by atoms with Gasteiger partial charge in [-0.25, -0.2) is 0 Å². The highest BCUT2D eigenvalue weighted by Gasteiger charge is 2.06. The molecule has 0 saturated heterocycles. The number of hydrogen-bond donors (Lipinski definition) is 0. The van der Waals surface area contributed by atoms with Crippen LogP contribution in [0.2, 0.25) is 0 Å². The minimum absolute atomic E-state index is 1.21. The van der Waals surface area contributed by atoms with Gasteiger partial charge < -0.3 is 9.80 Å². The molecule has 0 saturated carbocycles. The second kappa shape index (κ2) is 9.81. The van der Waals surface area contributed by atoms with E-state index >= 15 is 0 Å². The molecule has 0 spiro atoms. The van der Waals surface area contributed by atoms with Crippen LogP contribution in [0.5, 0.6) is 0 Å². The average Bonchev–Trinajstić information content (AvgIpc) is 3.23. The van der Waals surface area contributed by atoms with Crippen molar-refractivity contribution in [2.75, 3.05) is 38.0 Å². The topological polar surface area (TPSA) is 6.48 Å². The van der Waals surface area contributed by atoms with Crippen LogP contribution < -0.4 is 9.80 Å². The van der Waals surface area contributed by atoms with Crippen LogP contribution in [0, 0.1) is 0 Å². The van der Waals surface area contributed by atoms with Gasteiger partial charge in [0.1, 0.15) is 0 Å². The van der Waals surface area contributed by atoms with Gasteiger partial charge in [-0.2, -0.15) is 0 Å². The summed E-state index contributed by atoms with van der Waals surface area (Å²) in [6.45, 7) is 0. The number of rotatable bonds is 6. The Hall–Kier alpha value is -3.82. The van der Waals surface area contributed by atoms with Gasteiger partial charge in [0, 0.05) is 59.7 Å². The zero-order chi connectivity index (χ0) is 24.4. The summed E-state index contributed by atoms with van der Waals surface area (Å²) in [6.07, 6.45) is 8.76. The maximum Gasteiger partial charge on any atom is 0.0361 e. The molecule has 35 heavy (non-hydrogen) atoms. The van der Waals surface area contributed by atoms with Crippen LogP contribution in [0.3, 0.4) is 0 Å². The van der Waals surface area contributed by atoms with Crippen LogP contribution in [-0.4, -0.2) is 28.2 Å². The molecule has 0 atom stereocenters. The summed E-state index contributed by atoms with van der Waals surface area (Å²) in [5.74, 6) is 0. The summed E-state index contributed by atoms with van der Waals surface area (Å²) < 4.78 is 2.65. The van der Waals surface area contributed by atoms with E-state index in [0.29, 0.717) is 0 Å². The van der Waals surface area contributed by atoms with Gasteiger partial charge in [0.15, 0.2) is 0 Å². The standard InChI is InChI=1S/C32H30N2S/c1-33(2)27-15-9-23(10-16-27)5-7-25-13-19-29-30-20-14-26(22-32(30)35-31(29)21-25)8-6-24-11-17-28(18-12-24)34(3)4/h5-22H,1-4H3/b7-5+,8-6+. The molecular weight excluding hydrogens is 444 g/mol. The van der Waals surface area contributed by atoms with E-state index < -0.39 is 0 Å². The van der Waals surface area contributed by atoms with Crippen molar-refractivity contribution in [3.05, 3.63) is 107 Å². The smallest absolute Gasteiger partial charge is 0.0361 e. The van der Waals surface area contributed by atoms with Crippen molar-refractivity contribution in [2.45, 2.75) is 0 Å². The first kappa shape index (κ1) is 22.9. The van der Waals surface area contributed by atoms with Gasteiger partial charge in [-0.05, 0) is 58.7 Å². The molecular formula is C32H30N2S. The fraction of sp³-hybridized carbons (Fsp3) is 0.125. The quantitative estimate of drug-likeness (QED) is 0.228. The molecule has 0 aliphatic rings. The van der Waals surface area contributed by atoms with Gasteiger partial charge in [-0.1, -0.05) is 72.8 Å². The van der Waals surface area contributed by atoms with E-state index in [1.54, 1.807) is 0 Å². The third-order valence-electron chi connectivity index (χ3n) is 6.28. The SMILES string of the molecule is CN(C)c1ccc(/C=C/c2ccc3c(c2)sc2cc(/C=C/c4ccc(N(C)C)cc4)ccc23)cc1. The number of thiophene rings is 1. The first-order valence-electron chi connectivity index (χ1n) is 11.8. The van der Waals surface area contributed by atoms with Crippen molar-refractivity contribution in [3.63, 3.8) is 0 Å². The van der Waals surface area contributed by atoms with E-state index in [4.69, 9.17) is 0 Å². The van der Waals surface area contributed by atoms with Crippen molar-refractivity contribution in [1.82, 2.24) is 0 Å². The van der Waals surface area contributed by atoms with Gasteiger partial charge in [0.25, 0.3) is 0 Å². The Labute approximate surface area is 212 Å². The summed E-state index contributed by atoms with van der Waals surface area (Å²) in [4.78, 5) is 4.24. The molecule has 0 bridgehead atoms. The molecule has 0 N–H and O–H groups in total. The predicted octanol–water partition coefficient (Wildman–Crippen LogP) is 8.53. The lowest BCUT2D eigenvalue weighted by Crippen LogP contribution is -2.07. The lowest BCUT2D eigenvalue weighted by molar-refractivity contribution is 1.13. The monoisotopic (exact) mass is 474 g/mol. The number of anilines is 2. The Kier molecular flexibility index (Phi) is 6.43. The van der Waals surface area contributed by atoms with Gasteiger partial charge >= 0.3 is 0 Å². The first-order chi connectivity index (χ1) is 17.0. The Bertz CT molecular complexity index is 1400. The molecule has 1 aromatic heterocycles. The van der Waals surface area contributed by atoms with Crippen molar-refractivity contribution >= 4 is 67.2 Å². The molecule has 174 valence electrons. The second-order valence-corrected chi connectivity index (χ2v) is 10.3. The van der Waals surface area contributed by atoms with Gasteiger partial charge in [-0.15, -0.1) is 11.3 Å². The minimum Gasteiger partial charge on any atom is -0.378 e. The lowest BCUT2D eigenvalue weighted by atomic mass is 10.1. The maximum absolute atomic E-state index is 2.30. The van der Waals surface area contributed by atoms with Gasteiger partial charge in [0.2, 0.25) is 0 Å². The van der Waals surface area contributed by atoms with Crippen molar-refractivity contribution in [3.8, 4) is 0 Å². The van der Waals surface area contributed by atoms with Crippen LogP contribution in [0.25, 0.3) is 44.5 Å². The Morgan fingerprint density at radius 3 is 1.17 bits per heavy atom. The maximum atomic E-state index is 2.30. The zero-order valence-corrected chi connectivity index (χ0v) is 21.5. The largest absolute Gasteiger partial charge is 0.378 e. The van der Waals surface area contributed by atoms with E-state index in [1.165, 1.54) is 53.8 Å². The molecule has 0 fully saturated rings. The van der Waals surface area contributed by atoms with E-state index in [2.05, 4.69) is 147 Å². The van der Waals surface area contributed by atoms with Crippen molar-refractivity contribution in [1.29, 1.82) is 0 Å². The highest BCUT2D eigenvalue weighted by atomic mass is 32.1.